The lowest BCUT2D eigenvalue weighted by Gasteiger charge is -2.25. The first-order valence-corrected chi connectivity index (χ1v) is 13.4. The molecule has 0 spiro atoms. The Morgan fingerprint density at radius 1 is 1.19 bits per heavy atom. The molecule has 3 aromatic rings. The van der Waals surface area contributed by atoms with E-state index >= 15 is 0 Å². The fraction of sp³-hybridized carbons (Fsp3) is 0.300. The molecule has 1 aliphatic heterocycles. The molecule has 164 valence electrons. The summed E-state index contributed by atoms with van der Waals surface area (Å²) in [5.74, 6) is 0.793. The lowest BCUT2D eigenvalue weighted by atomic mass is 10.3. The van der Waals surface area contributed by atoms with Crippen LogP contribution in [-0.4, -0.2) is 53.1 Å². The minimum absolute atomic E-state index is 0.00259. The van der Waals surface area contributed by atoms with Gasteiger partial charge in [0.25, 0.3) is 0 Å². The zero-order valence-electron chi connectivity index (χ0n) is 16.7. The number of halogens is 1. The second-order valence-electron chi connectivity index (χ2n) is 6.81. The number of aryl methyl sites for hydroxylation is 1. The van der Waals surface area contributed by atoms with Crippen LogP contribution < -0.4 is 0 Å². The number of thioether (sulfide) groups is 1. The van der Waals surface area contributed by atoms with Gasteiger partial charge in [-0.2, -0.15) is 21.2 Å². The zero-order chi connectivity index (χ0) is 22.0. The topological polar surface area (TPSA) is 81.5 Å². The molecular weight excluding hydrogens is 478 g/mol. The molecule has 4 rings (SSSR count). The van der Waals surface area contributed by atoms with E-state index in [1.807, 2.05) is 30.3 Å². The molecule has 0 aliphatic carbocycles. The maximum atomic E-state index is 13.0. The molecule has 0 bridgehead atoms. The number of hydrogen-bond acceptors (Lipinski definition) is 7. The van der Waals surface area contributed by atoms with Gasteiger partial charge in [-0.15, -0.1) is 11.3 Å². The van der Waals surface area contributed by atoms with Gasteiger partial charge in [0.2, 0.25) is 10.0 Å². The van der Waals surface area contributed by atoms with Crippen molar-refractivity contribution in [2.24, 2.45) is 0 Å². The highest BCUT2D eigenvalue weighted by molar-refractivity contribution is 7.99. The Hall–Kier alpha value is -1.85. The van der Waals surface area contributed by atoms with Gasteiger partial charge in [-0.1, -0.05) is 29.8 Å². The van der Waals surface area contributed by atoms with Crippen molar-refractivity contribution in [3.8, 4) is 5.69 Å². The van der Waals surface area contributed by atoms with Crippen LogP contribution in [0.3, 0.4) is 0 Å². The average Bonchev–Trinajstić information content (AvgIpc) is 3.39. The van der Waals surface area contributed by atoms with Crippen molar-refractivity contribution in [3.05, 3.63) is 63.1 Å². The third-order valence-corrected chi connectivity index (χ3v) is 9.17. The highest BCUT2D eigenvalue weighted by Crippen LogP contribution is 2.29. The molecule has 0 radical (unpaired) electrons. The van der Waals surface area contributed by atoms with Crippen molar-refractivity contribution in [2.45, 2.75) is 18.4 Å². The van der Waals surface area contributed by atoms with E-state index in [1.54, 1.807) is 28.7 Å². The minimum Gasteiger partial charge on any atom is -0.456 e. The first-order valence-electron chi connectivity index (χ1n) is 9.51. The van der Waals surface area contributed by atoms with E-state index in [4.69, 9.17) is 16.3 Å². The lowest BCUT2D eigenvalue weighted by molar-refractivity contribution is 0.0474. The molecule has 1 aromatic carbocycles. The summed E-state index contributed by atoms with van der Waals surface area (Å²) in [4.78, 5) is 12.8. The number of para-hydroxylation sites is 1. The molecule has 7 nitrogen and oxygen atoms in total. The van der Waals surface area contributed by atoms with E-state index in [9.17, 15) is 13.2 Å². The van der Waals surface area contributed by atoms with Gasteiger partial charge in [0.05, 0.1) is 11.4 Å². The van der Waals surface area contributed by atoms with Crippen LogP contribution in [0.4, 0.5) is 0 Å². The number of esters is 1. The Balaban J connectivity index is 1.52. The summed E-state index contributed by atoms with van der Waals surface area (Å²) >= 11 is 9.26. The standard InChI is InChI=1S/C20H20ClN3O4S3/c1-14-16(19(21)24(22-14)15-5-3-2-4-6-15)13-28-20(25)18-17(7-10-30-18)31(26,27)23-8-11-29-12-9-23/h2-7,10H,8-9,11-13H2,1H3. The highest BCUT2D eigenvalue weighted by Gasteiger charge is 2.32. The molecular formula is C20H20ClN3O4S3. The Morgan fingerprint density at radius 3 is 2.61 bits per heavy atom. The number of benzene rings is 1. The van der Waals surface area contributed by atoms with Crippen LogP contribution in [0.5, 0.6) is 0 Å². The van der Waals surface area contributed by atoms with E-state index in [0.29, 0.717) is 29.5 Å². The zero-order valence-corrected chi connectivity index (χ0v) is 19.9. The van der Waals surface area contributed by atoms with E-state index in [-0.39, 0.29) is 16.4 Å². The van der Waals surface area contributed by atoms with Crippen LogP contribution in [0.2, 0.25) is 5.15 Å². The summed E-state index contributed by atoms with van der Waals surface area (Å²) in [5.41, 5.74) is 2.00. The quantitative estimate of drug-likeness (QED) is 0.479. The number of ether oxygens (including phenoxy) is 1. The van der Waals surface area contributed by atoms with Gasteiger partial charge in [-0.3, -0.25) is 0 Å². The van der Waals surface area contributed by atoms with Crippen molar-refractivity contribution in [1.29, 1.82) is 0 Å². The van der Waals surface area contributed by atoms with E-state index in [2.05, 4.69) is 5.10 Å². The fourth-order valence-corrected chi connectivity index (χ4v) is 7.40. The van der Waals surface area contributed by atoms with Gasteiger partial charge >= 0.3 is 5.97 Å². The third kappa shape index (κ3) is 4.54. The minimum atomic E-state index is -3.74. The van der Waals surface area contributed by atoms with Gasteiger partial charge in [0, 0.05) is 30.2 Å². The van der Waals surface area contributed by atoms with E-state index in [0.717, 1.165) is 28.5 Å². The molecule has 1 fully saturated rings. The van der Waals surface area contributed by atoms with Gasteiger partial charge < -0.3 is 4.74 Å². The van der Waals surface area contributed by atoms with Crippen molar-refractivity contribution >= 4 is 50.7 Å². The Labute approximate surface area is 194 Å². The smallest absolute Gasteiger partial charge is 0.350 e. The van der Waals surface area contributed by atoms with Gasteiger partial charge in [-0.25, -0.2) is 17.9 Å². The van der Waals surface area contributed by atoms with Gasteiger partial charge in [-0.05, 0) is 30.5 Å². The Kier molecular flexibility index (Phi) is 6.73. The Morgan fingerprint density at radius 2 is 1.90 bits per heavy atom. The molecule has 0 amide bonds. The molecule has 3 heterocycles. The van der Waals surface area contributed by atoms with Crippen LogP contribution >= 0.6 is 34.7 Å². The number of nitrogens with zero attached hydrogens (tertiary/aromatic N) is 3. The average molecular weight is 498 g/mol. The number of rotatable bonds is 6. The summed E-state index contributed by atoms with van der Waals surface area (Å²) in [6.07, 6.45) is 0. The van der Waals surface area contributed by atoms with E-state index < -0.39 is 16.0 Å². The first kappa shape index (κ1) is 22.3. The predicted octanol–water partition coefficient (Wildman–Crippen LogP) is 3.99. The van der Waals surface area contributed by atoms with Crippen molar-refractivity contribution in [1.82, 2.24) is 14.1 Å². The number of thiophene rings is 1. The second-order valence-corrected chi connectivity index (χ2v) is 11.2. The van der Waals surface area contributed by atoms with Crippen LogP contribution in [0.1, 0.15) is 20.9 Å². The summed E-state index contributed by atoms with van der Waals surface area (Å²) in [7, 11) is -3.74. The molecule has 0 N–H and O–H groups in total. The lowest BCUT2D eigenvalue weighted by Crippen LogP contribution is -2.38. The van der Waals surface area contributed by atoms with Crippen LogP contribution in [-0.2, 0) is 21.4 Å². The second kappa shape index (κ2) is 9.33. The molecule has 0 saturated carbocycles. The Bertz CT molecular complexity index is 1190. The van der Waals surface area contributed by atoms with Crippen LogP contribution in [0, 0.1) is 6.92 Å². The largest absolute Gasteiger partial charge is 0.456 e. The maximum Gasteiger partial charge on any atom is 0.350 e. The molecule has 2 aromatic heterocycles. The number of aromatic nitrogens is 2. The molecule has 11 heteroatoms. The van der Waals surface area contributed by atoms with Crippen molar-refractivity contribution < 1.29 is 17.9 Å². The van der Waals surface area contributed by atoms with Gasteiger partial charge in [0.1, 0.15) is 21.5 Å². The van der Waals surface area contributed by atoms with Crippen LogP contribution in [0.15, 0.2) is 46.7 Å². The summed E-state index contributed by atoms with van der Waals surface area (Å²) in [6, 6.07) is 10.9. The monoisotopic (exact) mass is 497 g/mol. The van der Waals surface area contributed by atoms with E-state index in [1.165, 1.54) is 10.4 Å². The molecule has 1 saturated heterocycles. The maximum absolute atomic E-state index is 13.0. The number of sulfonamides is 1. The number of hydrogen-bond donors (Lipinski definition) is 0. The molecule has 1 aliphatic rings. The fourth-order valence-electron chi connectivity index (χ4n) is 3.21. The van der Waals surface area contributed by atoms with Crippen molar-refractivity contribution in [2.75, 3.05) is 24.6 Å². The van der Waals surface area contributed by atoms with Gasteiger partial charge in [0.15, 0.2) is 0 Å². The SMILES string of the molecule is Cc1nn(-c2ccccc2)c(Cl)c1COC(=O)c1sccc1S(=O)(=O)N1CCSCC1. The summed E-state index contributed by atoms with van der Waals surface area (Å²) in [5, 5.41) is 6.37. The number of carbonyl (C=O) groups is 1. The predicted molar refractivity (Wildman–Crippen MR) is 123 cm³/mol. The third-order valence-electron chi connectivity index (χ3n) is 4.87. The molecule has 0 unspecified atom stereocenters. The highest BCUT2D eigenvalue weighted by atomic mass is 35.5. The molecule has 31 heavy (non-hydrogen) atoms. The summed E-state index contributed by atoms with van der Waals surface area (Å²) < 4.78 is 34.5. The van der Waals surface area contributed by atoms with Crippen LogP contribution in [0.25, 0.3) is 5.69 Å². The summed E-state index contributed by atoms with van der Waals surface area (Å²) in [6.45, 7) is 2.55. The normalized spacial score (nSPS) is 15.2. The molecule has 0 atom stereocenters. The van der Waals surface area contributed by atoms with Crippen molar-refractivity contribution in [3.63, 3.8) is 0 Å². The number of carbonyl (C=O) groups excluding carboxylic acids is 1. The first-order chi connectivity index (χ1) is 14.9.